The smallest absolute Gasteiger partial charge is 0.222 e. The highest BCUT2D eigenvalue weighted by Crippen LogP contribution is 2.08. The number of hydrogen-bond donors (Lipinski definition) is 2. The third-order valence-corrected chi connectivity index (χ3v) is 2.10. The van der Waals surface area contributed by atoms with Crippen LogP contribution in [0, 0.1) is 5.92 Å². The summed E-state index contributed by atoms with van der Waals surface area (Å²) < 4.78 is 4.95. The summed E-state index contributed by atoms with van der Waals surface area (Å²) in [6, 6.07) is 0. The van der Waals surface area contributed by atoms with Crippen LogP contribution in [0.15, 0.2) is 12.4 Å². The van der Waals surface area contributed by atoms with Crippen molar-refractivity contribution in [2.24, 2.45) is 5.92 Å². The van der Waals surface area contributed by atoms with Crippen LogP contribution in [-0.2, 0) is 0 Å². The SMILES string of the molecule is COc1cnc(NCC(O)CC(C)C)nc1. The third-order valence-electron chi connectivity index (χ3n) is 2.10. The Morgan fingerprint density at radius 1 is 1.38 bits per heavy atom. The van der Waals surface area contributed by atoms with E-state index in [2.05, 4.69) is 29.1 Å². The van der Waals surface area contributed by atoms with Crippen LogP contribution < -0.4 is 10.1 Å². The van der Waals surface area contributed by atoms with Gasteiger partial charge in [-0.1, -0.05) is 13.8 Å². The Hall–Kier alpha value is -1.36. The van der Waals surface area contributed by atoms with E-state index in [1.807, 2.05) is 0 Å². The summed E-state index contributed by atoms with van der Waals surface area (Å²) in [5, 5.41) is 12.6. The molecule has 1 heterocycles. The molecule has 0 fully saturated rings. The average Bonchev–Trinajstić information content (AvgIpc) is 2.26. The highest BCUT2D eigenvalue weighted by molar-refractivity contribution is 5.26. The highest BCUT2D eigenvalue weighted by atomic mass is 16.5. The number of aliphatic hydroxyl groups is 1. The van der Waals surface area contributed by atoms with Crippen molar-refractivity contribution in [3.05, 3.63) is 12.4 Å². The van der Waals surface area contributed by atoms with Crippen molar-refractivity contribution in [3.8, 4) is 5.75 Å². The summed E-state index contributed by atoms with van der Waals surface area (Å²) in [6.45, 7) is 4.62. The number of methoxy groups -OCH3 is 1. The zero-order valence-corrected chi connectivity index (χ0v) is 9.97. The molecule has 16 heavy (non-hydrogen) atoms. The maximum absolute atomic E-state index is 9.64. The number of anilines is 1. The Bertz CT molecular complexity index is 301. The summed E-state index contributed by atoms with van der Waals surface area (Å²) in [7, 11) is 1.57. The zero-order valence-electron chi connectivity index (χ0n) is 9.97. The fraction of sp³-hybridized carbons (Fsp3) is 0.636. The lowest BCUT2D eigenvalue weighted by atomic mass is 10.1. The van der Waals surface area contributed by atoms with Crippen LogP contribution in [0.3, 0.4) is 0 Å². The van der Waals surface area contributed by atoms with Gasteiger partial charge in [-0.15, -0.1) is 0 Å². The van der Waals surface area contributed by atoms with Crippen LogP contribution in [0.25, 0.3) is 0 Å². The number of nitrogens with one attached hydrogen (secondary N) is 1. The van der Waals surface area contributed by atoms with E-state index < -0.39 is 0 Å². The number of rotatable bonds is 6. The molecule has 0 aliphatic rings. The van der Waals surface area contributed by atoms with Crippen molar-refractivity contribution in [2.75, 3.05) is 19.0 Å². The molecule has 0 saturated carbocycles. The molecule has 1 rings (SSSR count). The number of nitrogens with zero attached hydrogens (tertiary/aromatic N) is 2. The van der Waals surface area contributed by atoms with Crippen molar-refractivity contribution in [1.82, 2.24) is 9.97 Å². The van der Waals surface area contributed by atoms with Gasteiger partial charge in [0.05, 0.1) is 25.6 Å². The molecule has 90 valence electrons. The normalized spacial score (nSPS) is 12.6. The monoisotopic (exact) mass is 225 g/mol. The summed E-state index contributed by atoms with van der Waals surface area (Å²) in [5.74, 6) is 1.60. The van der Waals surface area contributed by atoms with E-state index in [4.69, 9.17) is 4.74 Å². The third kappa shape index (κ3) is 4.44. The average molecular weight is 225 g/mol. The molecule has 1 aromatic rings. The molecule has 0 radical (unpaired) electrons. The predicted octanol–water partition coefficient (Wildman–Crippen LogP) is 1.30. The van der Waals surface area contributed by atoms with Crippen LogP contribution in [0.4, 0.5) is 5.95 Å². The molecule has 1 atom stereocenters. The van der Waals surface area contributed by atoms with E-state index in [-0.39, 0.29) is 6.10 Å². The largest absolute Gasteiger partial charge is 0.494 e. The molecular weight excluding hydrogens is 206 g/mol. The van der Waals surface area contributed by atoms with Crippen molar-refractivity contribution in [2.45, 2.75) is 26.4 Å². The number of aromatic nitrogens is 2. The lowest BCUT2D eigenvalue weighted by molar-refractivity contribution is 0.161. The molecule has 5 heteroatoms. The maximum atomic E-state index is 9.64. The minimum Gasteiger partial charge on any atom is -0.494 e. The Morgan fingerprint density at radius 2 is 2.00 bits per heavy atom. The predicted molar refractivity (Wildman–Crippen MR) is 62.5 cm³/mol. The van der Waals surface area contributed by atoms with Crippen molar-refractivity contribution >= 4 is 5.95 Å². The second-order valence-electron chi connectivity index (χ2n) is 4.11. The number of ether oxygens (including phenoxy) is 1. The second-order valence-corrected chi connectivity index (χ2v) is 4.11. The van der Waals surface area contributed by atoms with Crippen LogP contribution in [0.2, 0.25) is 0 Å². The fourth-order valence-corrected chi connectivity index (χ4v) is 1.35. The topological polar surface area (TPSA) is 67.3 Å². The molecule has 0 aromatic carbocycles. The van der Waals surface area contributed by atoms with E-state index in [0.717, 1.165) is 6.42 Å². The van der Waals surface area contributed by atoms with Gasteiger partial charge >= 0.3 is 0 Å². The summed E-state index contributed by atoms with van der Waals surface area (Å²) in [6.07, 6.45) is 3.57. The second kappa shape index (κ2) is 6.27. The summed E-state index contributed by atoms with van der Waals surface area (Å²) in [5.41, 5.74) is 0. The van der Waals surface area contributed by atoms with Gasteiger partial charge in [0.25, 0.3) is 0 Å². The van der Waals surface area contributed by atoms with E-state index in [1.165, 1.54) is 0 Å². The van der Waals surface area contributed by atoms with Gasteiger partial charge in [-0.05, 0) is 12.3 Å². The first-order chi connectivity index (χ1) is 7.61. The molecule has 0 spiro atoms. The van der Waals surface area contributed by atoms with Crippen LogP contribution in [0.1, 0.15) is 20.3 Å². The van der Waals surface area contributed by atoms with E-state index in [1.54, 1.807) is 19.5 Å². The summed E-state index contributed by atoms with van der Waals surface area (Å²) in [4.78, 5) is 8.08. The van der Waals surface area contributed by atoms with Gasteiger partial charge in [0, 0.05) is 6.54 Å². The summed E-state index contributed by atoms with van der Waals surface area (Å²) >= 11 is 0. The van der Waals surface area contributed by atoms with Crippen molar-refractivity contribution < 1.29 is 9.84 Å². The van der Waals surface area contributed by atoms with Crippen LogP contribution in [-0.4, -0.2) is 34.8 Å². The van der Waals surface area contributed by atoms with Gasteiger partial charge in [-0.2, -0.15) is 0 Å². The van der Waals surface area contributed by atoms with Gasteiger partial charge in [-0.3, -0.25) is 0 Å². The molecule has 1 aromatic heterocycles. The lowest BCUT2D eigenvalue weighted by Crippen LogP contribution is -2.22. The van der Waals surface area contributed by atoms with Gasteiger partial charge in [0.2, 0.25) is 5.95 Å². The fourth-order valence-electron chi connectivity index (χ4n) is 1.35. The van der Waals surface area contributed by atoms with Gasteiger partial charge in [0.1, 0.15) is 0 Å². The first-order valence-electron chi connectivity index (χ1n) is 5.39. The molecule has 0 bridgehead atoms. The molecular formula is C11H19N3O2. The van der Waals surface area contributed by atoms with Crippen molar-refractivity contribution in [3.63, 3.8) is 0 Å². The van der Waals surface area contributed by atoms with Crippen molar-refractivity contribution in [1.29, 1.82) is 0 Å². The van der Waals surface area contributed by atoms with Gasteiger partial charge < -0.3 is 15.2 Å². The molecule has 2 N–H and O–H groups in total. The maximum Gasteiger partial charge on any atom is 0.222 e. The Balaban J connectivity index is 2.36. The molecule has 1 unspecified atom stereocenters. The van der Waals surface area contributed by atoms with Crippen LogP contribution >= 0.6 is 0 Å². The molecule has 0 aliphatic carbocycles. The Kier molecular flexibility index (Phi) is 4.98. The zero-order chi connectivity index (χ0) is 12.0. The highest BCUT2D eigenvalue weighted by Gasteiger charge is 2.07. The van der Waals surface area contributed by atoms with E-state index in [9.17, 15) is 5.11 Å². The van der Waals surface area contributed by atoms with Crippen LogP contribution in [0.5, 0.6) is 5.75 Å². The number of hydrogen-bond acceptors (Lipinski definition) is 5. The first kappa shape index (κ1) is 12.7. The van der Waals surface area contributed by atoms with Gasteiger partial charge in [-0.25, -0.2) is 9.97 Å². The van der Waals surface area contributed by atoms with E-state index >= 15 is 0 Å². The molecule has 5 nitrogen and oxygen atoms in total. The Morgan fingerprint density at radius 3 is 2.50 bits per heavy atom. The number of aliphatic hydroxyl groups excluding tert-OH is 1. The first-order valence-corrected chi connectivity index (χ1v) is 5.39. The van der Waals surface area contributed by atoms with E-state index in [0.29, 0.717) is 24.2 Å². The lowest BCUT2D eigenvalue weighted by Gasteiger charge is -2.13. The van der Waals surface area contributed by atoms with Gasteiger partial charge in [0.15, 0.2) is 5.75 Å². The Labute approximate surface area is 95.9 Å². The molecule has 0 amide bonds. The minimum atomic E-state index is -0.370. The molecule has 0 aliphatic heterocycles. The quantitative estimate of drug-likeness (QED) is 0.764. The minimum absolute atomic E-state index is 0.370. The standard InChI is InChI=1S/C11H19N3O2/c1-8(2)4-9(15)5-12-11-13-6-10(16-3)7-14-11/h6-9,15H,4-5H2,1-3H3,(H,12,13,14). The molecule has 0 saturated heterocycles.